The number of aromatic nitrogens is 2. The molecule has 34 heavy (non-hydrogen) atoms. The number of hydrogen-bond donors (Lipinski definition) is 4. The molecule has 1 aliphatic heterocycles. The van der Waals surface area contributed by atoms with E-state index in [1.807, 2.05) is 32.0 Å². The van der Waals surface area contributed by atoms with Crippen molar-refractivity contribution in [3.05, 3.63) is 69.3 Å². The summed E-state index contributed by atoms with van der Waals surface area (Å²) in [5.74, 6) is 0.326. The largest absolute Gasteiger partial charge is 0.355 e. The van der Waals surface area contributed by atoms with Crippen LogP contribution < -0.4 is 21.3 Å². The number of rotatable bonds is 5. The second kappa shape index (κ2) is 9.48. The van der Waals surface area contributed by atoms with Crippen LogP contribution in [0, 0.1) is 0 Å². The van der Waals surface area contributed by atoms with Crippen LogP contribution in [0.25, 0.3) is 0 Å². The van der Waals surface area contributed by atoms with Gasteiger partial charge in [0, 0.05) is 19.2 Å². The van der Waals surface area contributed by atoms with Crippen molar-refractivity contribution in [2.75, 3.05) is 17.7 Å². The predicted octanol–water partition coefficient (Wildman–Crippen LogP) is 4.93. The van der Waals surface area contributed by atoms with E-state index in [4.69, 9.17) is 23.2 Å². The van der Waals surface area contributed by atoms with Gasteiger partial charge in [0.1, 0.15) is 5.02 Å². The average Bonchev–Trinajstić information content (AvgIpc) is 2.91. The van der Waals surface area contributed by atoms with Gasteiger partial charge in [-0.05, 0) is 55.7 Å². The highest BCUT2D eigenvalue weighted by molar-refractivity contribution is 6.35. The molecule has 0 fully saturated rings. The van der Waals surface area contributed by atoms with Crippen molar-refractivity contribution in [2.45, 2.75) is 32.2 Å². The van der Waals surface area contributed by atoms with Crippen LogP contribution >= 0.6 is 23.2 Å². The number of carbonyl (C=O) groups is 2. The second-order valence-electron chi connectivity index (χ2n) is 8.43. The number of para-hydroxylation sites is 1. The third-order valence-corrected chi connectivity index (χ3v) is 6.18. The summed E-state index contributed by atoms with van der Waals surface area (Å²) in [7, 11) is 1.54. The van der Waals surface area contributed by atoms with Crippen molar-refractivity contribution in [1.29, 1.82) is 0 Å². The molecule has 3 aromatic rings. The molecule has 2 aromatic carbocycles. The summed E-state index contributed by atoms with van der Waals surface area (Å²) in [6, 6.07) is 10.9. The Morgan fingerprint density at radius 2 is 1.88 bits per heavy atom. The molecule has 1 aromatic heterocycles. The predicted molar refractivity (Wildman–Crippen MR) is 134 cm³/mol. The van der Waals surface area contributed by atoms with Crippen LogP contribution in [0.5, 0.6) is 0 Å². The van der Waals surface area contributed by atoms with Gasteiger partial charge in [-0.1, -0.05) is 35.3 Å². The van der Waals surface area contributed by atoms with E-state index in [0.29, 0.717) is 40.9 Å². The van der Waals surface area contributed by atoms with Gasteiger partial charge in [0.2, 0.25) is 11.9 Å². The first-order valence-corrected chi connectivity index (χ1v) is 11.4. The monoisotopic (exact) mass is 498 g/mol. The van der Waals surface area contributed by atoms with Crippen molar-refractivity contribution < 1.29 is 9.59 Å². The molecule has 0 saturated carbocycles. The minimum absolute atomic E-state index is 0.0307. The fourth-order valence-corrected chi connectivity index (χ4v) is 4.28. The second-order valence-corrected chi connectivity index (χ2v) is 9.24. The molecule has 4 rings (SSSR count). The number of nitrogens with one attached hydrogen (secondary N) is 4. The van der Waals surface area contributed by atoms with Gasteiger partial charge in [-0.2, -0.15) is 4.98 Å². The molecule has 8 nitrogen and oxygen atoms in total. The normalized spacial score (nSPS) is 14.4. The van der Waals surface area contributed by atoms with Crippen LogP contribution in [0.1, 0.15) is 41.8 Å². The average molecular weight is 499 g/mol. The van der Waals surface area contributed by atoms with Gasteiger partial charge in [-0.15, -0.1) is 0 Å². The highest BCUT2D eigenvalue weighted by Gasteiger charge is 2.29. The van der Waals surface area contributed by atoms with E-state index in [9.17, 15) is 9.59 Å². The van der Waals surface area contributed by atoms with Gasteiger partial charge in [-0.25, -0.2) is 4.98 Å². The van der Waals surface area contributed by atoms with Crippen LogP contribution in [0.4, 0.5) is 23.1 Å². The molecular formula is C24H24Cl2N6O2. The fourth-order valence-electron chi connectivity index (χ4n) is 3.92. The fraction of sp³-hybridized carbons (Fsp3) is 0.250. The van der Waals surface area contributed by atoms with Crippen molar-refractivity contribution in [2.24, 2.45) is 0 Å². The molecule has 0 radical (unpaired) electrons. The Balaban J connectivity index is 1.64. The third kappa shape index (κ3) is 4.93. The molecule has 0 unspecified atom stereocenters. The molecule has 10 heteroatoms. The number of carbonyl (C=O) groups excluding carboxylic acids is 2. The third-order valence-electron chi connectivity index (χ3n) is 5.59. The Hall–Kier alpha value is -3.36. The van der Waals surface area contributed by atoms with Crippen LogP contribution in [0.15, 0.2) is 42.6 Å². The molecule has 1 aliphatic rings. The van der Waals surface area contributed by atoms with Crippen molar-refractivity contribution >= 4 is 58.2 Å². The van der Waals surface area contributed by atoms with E-state index in [1.165, 1.54) is 6.20 Å². The Morgan fingerprint density at radius 3 is 2.65 bits per heavy atom. The maximum absolute atomic E-state index is 12.3. The highest BCUT2D eigenvalue weighted by Crippen LogP contribution is 2.33. The van der Waals surface area contributed by atoms with E-state index < -0.39 is 5.54 Å². The number of anilines is 4. The van der Waals surface area contributed by atoms with Gasteiger partial charge in [0.15, 0.2) is 5.82 Å². The molecule has 2 amide bonds. The van der Waals surface area contributed by atoms with E-state index >= 15 is 0 Å². The number of aryl methyl sites for hydroxylation is 1. The SMILES string of the molecule is CNC(=O)c1cccc(Cl)c1Nc1nc(Nc2ccc3c(c2)C(C)(C)NC(=O)CC3)ncc1Cl. The Morgan fingerprint density at radius 1 is 1.09 bits per heavy atom. The smallest absolute Gasteiger partial charge is 0.253 e. The molecule has 2 heterocycles. The van der Waals surface area contributed by atoms with E-state index in [1.54, 1.807) is 25.2 Å². The van der Waals surface area contributed by atoms with Gasteiger partial charge in [0.05, 0.1) is 28.0 Å². The van der Waals surface area contributed by atoms with Crippen molar-refractivity contribution in [3.63, 3.8) is 0 Å². The van der Waals surface area contributed by atoms with E-state index in [0.717, 1.165) is 16.8 Å². The van der Waals surface area contributed by atoms with E-state index in [2.05, 4.69) is 31.2 Å². The molecule has 0 bridgehead atoms. The number of nitrogens with zero attached hydrogens (tertiary/aromatic N) is 2. The summed E-state index contributed by atoms with van der Waals surface area (Å²) < 4.78 is 0. The van der Waals surface area contributed by atoms with Crippen molar-refractivity contribution in [3.8, 4) is 0 Å². The summed E-state index contributed by atoms with van der Waals surface area (Å²) in [5.41, 5.74) is 3.15. The summed E-state index contributed by atoms with van der Waals surface area (Å²) in [4.78, 5) is 33.1. The lowest BCUT2D eigenvalue weighted by molar-refractivity contribution is -0.122. The first-order chi connectivity index (χ1) is 16.2. The van der Waals surface area contributed by atoms with Crippen LogP contribution in [-0.4, -0.2) is 28.8 Å². The zero-order chi connectivity index (χ0) is 24.5. The first-order valence-electron chi connectivity index (χ1n) is 10.7. The molecule has 0 atom stereocenters. The van der Waals surface area contributed by atoms with Crippen LogP contribution in [0.2, 0.25) is 10.0 Å². The molecule has 0 saturated heterocycles. The Kier molecular flexibility index (Phi) is 6.63. The van der Waals surface area contributed by atoms with Gasteiger partial charge in [-0.3, -0.25) is 9.59 Å². The zero-order valence-electron chi connectivity index (χ0n) is 18.9. The molecular weight excluding hydrogens is 475 g/mol. The number of hydrogen-bond acceptors (Lipinski definition) is 6. The quantitative estimate of drug-likeness (QED) is 0.397. The minimum atomic E-state index is -0.505. The number of benzene rings is 2. The minimum Gasteiger partial charge on any atom is -0.355 e. The summed E-state index contributed by atoms with van der Waals surface area (Å²) in [6.45, 7) is 3.96. The molecule has 4 N–H and O–H groups in total. The molecule has 0 aliphatic carbocycles. The summed E-state index contributed by atoms with van der Waals surface area (Å²) in [6.07, 6.45) is 2.60. The lowest BCUT2D eigenvalue weighted by Gasteiger charge is -2.27. The lowest BCUT2D eigenvalue weighted by atomic mass is 9.89. The highest BCUT2D eigenvalue weighted by atomic mass is 35.5. The topological polar surface area (TPSA) is 108 Å². The Labute approximate surface area is 207 Å². The number of halogens is 2. The summed E-state index contributed by atoms with van der Waals surface area (Å²) in [5, 5.41) is 12.5. The standard InChI is InChI=1S/C24H24Cl2N6O2/c1-24(2)16-11-14(9-7-13(16)8-10-19(33)32-24)29-23-28-12-18(26)21(31-23)30-20-15(22(34)27-3)5-4-6-17(20)25/h4-7,9,11-12H,8,10H2,1-3H3,(H,27,34)(H,32,33)(H2,28,29,30,31). The number of amides is 2. The van der Waals surface area contributed by atoms with Gasteiger partial charge >= 0.3 is 0 Å². The van der Waals surface area contributed by atoms with Crippen LogP contribution in [0.3, 0.4) is 0 Å². The van der Waals surface area contributed by atoms with Crippen LogP contribution in [-0.2, 0) is 16.8 Å². The van der Waals surface area contributed by atoms with Gasteiger partial charge in [0.25, 0.3) is 5.91 Å². The molecule has 176 valence electrons. The maximum Gasteiger partial charge on any atom is 0.253 e. The molecule has 0 spiro atoms. The maximum atomic E-state index is 12.3. The lowest BCUT2D eigenvalue weighted by Crippen LogP contribution is -2.39. The van der Waals surface area contributed by atoms with Crippen molar-refractivity contribution in [1.82, 2.24) is 20.6 Å². The van der Waals surface area contributed by atoms with Gasteiger partial charge < -0.3 is 21.3 Å². The van der Waals surface area contributed by atoms with E-state index in [-0.39, 0.29) is 16.8 Å². The Bertz CT molecular complexity index is 1280. The number of fused-ring (bicyclic) bond motifs is 1. The summed E-state index contributed by atoms with van der Waals surface area (Å²) >= 11 is 12.7. The first kappa shape index (κ1) is 23.8. The zero-order valence-corrected chi connectivity index (χ0v) is 20.4.